The van der Waals surface area contributed by atoms with Gasteiger partial charge in [0.1, 0.15) is 11.8 Å². The largest absolute Gasteiger partial charge is 0.296 e. The van der Waals surface area contributed by atoms with Crippen LogP contribution in [0.4, 0.5) is 0 Å². The van der Waals surface area contributed by atoms with Crippen LogP contribution in [0.1, 0.15) is 50.8 Å². The molecule has 0 unspecified atom stereocenters. The highest BCUT2D eigenvalue weighted by atomic mass is 15.2. The fourth-order valence-electron chi connectivity index (χ4n) is 2.95. The summed E-state index contributed by atoms with van der Waals surface area (Å²) in [5, 5.41) is 8.93. The summed E-state index contributed by atoms with van der Waals surface area (Å²) in [6.45, 7) is 6.62. The van der Waals surface area contributed by atoms with Gasteiger partial charge in [0.2, 0.25) is 0 Å². The van der Waals surface area contributed by atoms with Crippen LogP contribution in [0.5, 0.6) is 0 Å². The number of rotatable bonds is 5. The van der Waals surface area contributed by atoms with Crippen molar-refractivity contribution in [3.05, 3.63) is 29.6 Å². The van der Waals surface area contributed by atoms with E-state index in [9.17, 15) is 0 Å². The zero-order valence-corrected chi connectivity index (χ0v) is 12.0. The van der Waals surface area contributed by atoms with Gasteiger partial charge in [0, 0.05) is 25.3 Å². The first-order chi connectivity index (χ1) is 9.19. The predicted molar refractivity (Wildman–Crippen MR) is 76.5 cm³/mol. The number of nitrogens with zero attached hydrogens (tertiary/aromatic N) is 3. The Kier molecular flexibility index (Phi) is 4.93. The first-order valence-corrected chi connectivity index (χ1v) is 7.28. The van der Waals surface area contributed by atoms with Crippen LogP contribution in [0.2, 0.25) is 0 Å². The molecule has 0 spiro atoms. The topological polar surface area (TPSA) is 39.9 Å². The molecule has 0 N–H and O–H groups in total. The van der Waals surface area contributed by atoms with Crippen molar-refractivity contribution in [3.63, 3.8) is 0 Å². The van der Waals surface area contributed by atoms with E-state index in [0.29, 0.717) is 11.6 Å². The minimum Gasteiger partial charge on any atom is -0.296 e. The molecule has 0 aromatic carbocycles. The van der Waals surface area contributed by atoms with Gasteiger partial charge in [-0.3, -0.25) is 4.90 Å². The second-order valence-electron chi connectivity index (χ2n) is 5.92. The van der Waals surface area contributed by atoms with Gasteiger partial charge < -0.3 is 0 Å². The lowest BCUT2D eigenvalue weighted by molar-refractivity contribution is 0.168. The normalized spacial score (nSPS) is 16.2. The molecule has 0 radical (unpaired) electrons. The first kappa shape index (κ1) is 14.0. The summed E-state index contributed by atoms with van der Waals surface area (Å²) >= 11 is 0. The van der Waals surface area contributed by atoms with E-state index in [1.807, 2.05) is 12.1 Å². The molecule has 1 heterocycles. The molecule has 3 heteroatoms. The molecule has 1 aliphatic rings. The van der Waals surface area contributed by atoms with Crippen LogP contribution in [0, 0.1) is 17.2 Å². The molecule has 19 heavy (non-hydrogen) atoms. The molecule has 0 aliphatic heterocycles. The van der Waals surface area contributed by atoms with Gasteiger partial charge in [-0.1, -0.05) is 26.7 Å². The molecular weight excluding hydrogens is 234 g/mol. The highest BCUT2D eigenvalue weighted by Crippen LogP contribution is 2.25. The van der Waals surface area contributed by atoms with E-state index in [1.165, 1.54) is 31.2 Å². The zero-order chi connectivity index (χ0) is 13.7. The van der Waals surface area contributed by atoms with E-state index in [0.717, 1.165) is 19.1 Å². The van der Waals surface area contributed by atoms with Crippen molar-refractivity contribution in [2.24, 2.45) is 5.92 Å². The Bertz CT molecular complexity index is 442. The lowest BCUT2D eigenvalue weighted by Gasteiger charge is -2.30. The van der Waals surface area contributed by atoms with Crippen LogP contribution < -0.4 is 0 Å². The van der Waals surface area contributed by atoms with Crippen molar-refractivity contribution < 1.29 is 0 Å². The van der Waals surface area contributed by atoms with Crippen molar-refractivity contribution >= 4 is 0 Å². The smallest absolute Gasteiger partial charge is 0.140 e. The van der Waals surface area contributed by atoms with E-state index in [4.69, 9.17) is 5.26 Å². The Morgan fingerprint density at radius 2 is 2.16 bits per heavy atom. The molecule has 0 atom stereocenters. The van der Waals surface area contributed by atoms with Gasteiger partial charge in [-0.15, -0.1) is 0 Å². The molecule has 1 aromatic heterocycles. The van der Waals surface area contributed by atoms with Crippen LogP contribution >= 0.6 is 0 Å². The number of aromatic nitrogens is 1. The Hall–Kier alpha value is -1.40. The van der Waals surface area contributed by atoms with Crippen LogP contribution in [-0.2, 0) is 6.54 Å². The van der Waals surface area contributed by atoms with Gasteiger partial charge in [-0.2, -0.15) is 5.26 Å². The standard InChI is InChI=1S/C16H23N3/c1-13(2)11-19(16-5-3-4-6-16)12-14-7-8-18-15(9-14)10-17/h7-9,13,16H,3-6,11-12H2,1-2H3. The van der Waals surface area contributed by atoms with Gasteiger partial charge in [-0.25, -0.2) is 4.98 Å². The fourth-order valence-corrected chi connectivity index (χ4v) is 2.95. The number of nitriles is 1. The molecular formula is C16H23N3. The summed E-state index contributed by atoms with van der Waals surface area (Å²) in [6.07, 6.45) is 7.11. The van der Waals surface area contributed by atoms with Crippen LogP contribution in [0.15, 0.2) is 18.3 Å². The van der Waals surface area contributed by atoms with Gasteiger partial charge in [0.25, 0.3) is 0 Å². The summed E-state index contributed by atoms with van der Waals surface area (Å²) in [5.41, 5.74) is 1.73. The van der Waals surface area contributed by atoms with E-state index in [1.54, 1.807) is 6.20 Å². The van der Waals surface area contributed by atoms with E-state index >= 15 is 0 Å². The third-order valence-corrected chi connectivity index (χ3v) is 3.77. The van der Waals surface area contributed by atoms with Crippen LogP contribution in [0.25, 0.3) is 0 Å². The second kappa shape index (κ2) is 6.68. The Balaban J connectivity index is 2.07. The lowest BCUT2D eigenvalue weighted by atomic mass is 10.1. The van der Waals surface area contributed by atoms with Gasteiger partial charge in [0.05, 0.1) is 0 Å². The quantitative estimate of drug-likeness (QED) is 0.812. The maximum atomic E-state index is 8.93. The SMILES string of the molecule is CC(C)CN(Cc1ccnc(C#N)c1)C1CCCC1. The monoisotopic (exact) mass is 257 g/mol. The fraction of sp³-hybridized carbons (Fsp3) is 0.625. The predicted octanol–water partition coefficient (Wildman–Crippen LogP) is 3.35. The molecule has 2 rings (SSSR count). The zero-order valence-electron chi connectivity index (χ0n) is 12.0. The summed E-state index contributed by atoms with van der Waals surface area (Å²) in [7, 11) is 0. The van der Waals surface area contributed by atoms with E-state index in [2.05, 4.69) is 29.8 Å². The van der Waals surface area contributed by atoms with Crippen molar-refractivity contribution in [2.45, 2.75) is 52.1 Å². The Morgan fingerprint density at radius 1 is 1.42 bits per heavy atom. The molecule has 1 aromatic rings. The molecule has 1 fully saturated rings. The highest BCUT2D eigenvalue weighted by molar-refractivity contribution is 5.25. The minimum atomic E-state index is 0.522. The Labute approximate surface area is 116 Å². The molecule has 0 saturated heterocycles. The van der Waals surface area contributed by atoms with Crippen molar-refractivity contribution in [2.75, 3.05) is 6.54 Å². The maximum absolute atomic E-state index is 8.93. The average Bonchev–Trinajstić information content (AvgIpc) is 2.91. The molecule has 0 amide bonds. The molecule has 102 valence electrons. The second-order valence-corrected chi connectivity index (χ2v) is 5.92. The van der Waals surface area contributed by atoms with E-state index < -0.39 is 0 Å². The van der Waals surface area contributed by atoms with Gasteiger partial charge in [-0.05, 0) is 36.5 Å². The average molecular weight is 257 g/mol. The van der Waals surface area contributed by atoms with Crippen molar-refractivity contribution in [3.8, 4) is 6.07 Å². The molecule has 1 saturated carbocycles. The van der Waals surface area contributed by atoms with E-state index in [-0.39, 0.29) is 0 Å². The number of pyridine rings is 1. The molecule has 1 aliphatic carbocycles. The summed E-state index contributed by atoms with van der Waals surface area (Å²) < 4.78 is 0. The molecule has 3 nitrogen and oxygen atoms in total. The minimum absolute atomic E-state index is 0.522. The van der Waals surface area contributed by atoms with Crippen molar-refractivity contribution in [1.82, 2.24) is 9.88 Å². The highest BCUT2D eigenvalue weighted by Gasteiger charge is 2.23. The third kappa shape index (κ3) is 4.04. The Morgan fingerprint density at radius 3 is 2.79 bits per heavy atom. The third-order valence-electron chi connectivity index (χ3n) is 3.77. The van der Waals surface area contributed by atoms with Crippen LogP contribution in [0.3, 0.4) is 0 Å². The molecule has 0 bridgehead atoms. The maximum Gasteiger partial charge on any atom is 0.140 e. The first-order valence-electron chi connectivity index (χ1n) is 7.28. The summed E-state index contributed by atoms with van der Waals surface area (Å²) in [4.78, 5) is 6.64. The van der Waals surface area contributed by atoms with Gasteiger partial charge in [0.15, 0.2) is 0 Å². The number of hydrogen-bond acceptors (Lipinski definition) is 3. The summed E-state index contributed by atoms with van der Waals surface area (Å²) in [6, 6.07) is 6.79. The van der Waals surface area contributed by atoms with Crippen LogP contribution in [-0.4, -0.2) is 22.5 Å². The number of hydrogen-bond donors (Lipinski definition) is 0. The lowest BCUT2D eigenvalue weighted by Crippen LogP contribution is -2.35. The summed E-state index contributed by atoms with van der Waals surface area (Å²) in [5.74, 6) is 0.679. The van der Waals surface area contributed by atoms with Crippen molar-refractivity contribution in [1.29, 1.82) is 5.26 Å². The van der Waals surface area contributed by atoms with Gasteiger partial charge >= 0.3 is 0 Å².